The molecule has 1 saturated carbocycles. The predicted octanol–water partition coefficient (Wildman–Crippen LogP) is 1.31. The van der Waals surface area contributed by atoms with Crippen LogP contribution in [0.25, 0.3) is 0 Å². The topological polar surface area (TPSA) is 80.6 Å². The second-order valence-electron chi connectivity index (χ2n) is 8.30. The molecule has 0 unspecified atom stereocenters. The maximum Gasteiger partial charge on any atom is 0.217 e. The molecule has 2 N–H and O–H groups in total. The van der Waals surface area contributed by atoms with E-state index in [9.17, 15) is 10.2 Å². The predicted molar refractivity (Wildman–Crippen MR) is 95.9 cm³/mol. The number of likely N-dealkylation sites (N-methyl/N-ethyl adjacent to an activating group) is 1. The maximum absolute atomic E-state index is 11.1. The number of fused-ring (bicyclic) bond motifs is 3. The van der Waals surface area contributed by atoms with E-state index in [2.05, 4.69) is 11.9 Å². The number of hydrogen-bond acceptors (Lipinski definition) is 7. The van der Waals surface area contributed by atoms with Crippen LogP contribution in [0, 0.1) is 0 Å². The molecule has 3 fully saturated rings. The van der Waals surface area contributed by atoms with Gasteiger partial charge in [0, 0.05) is 31.6 Å². The average Bonchev–Trinajstić information content (AvgIpc) is 3.15. The number of likely N-dealkylation sites (tertiary alicyclic amines) is 1. The second-order valence-corrected chi connectivity index (χ2v) is 8.30. The number of ether oxygens (including phenoxy) is 4. The van der Waals surface area contributed by atoms with Crippen LogP contribution in [-0.4, -0.2) is 73.6 Å². The molecule has 1 spiro atoms. The molecule has 7 nitrogen and oxygen atoms in total. The molecule has 2 aliphatic heterocycles. The lowest BCUT2D eigenvalue weighted by atomic mass is 9.50. The molecule has 2 bridgehead atoms. The number of rotatable bonds is 3. The van der Waals surface area contributed by atoms with E-state index in [-0.39, 0.29) is 11.9 Å². The number of aromatic hydroxyl groups is 1. The van der Waals surface area contributed by atoms with Crippen molar-refractivity contribution in [2.24, 2.45) is 0 Å². The van der Waals surface area contributed by atoms with Gasteiger partial charge in [-0.15, -0.1) is 0 Å². The fraction of sp³-hybridized carbons (Fsp3) is 0.700. The smallest absolute Gasteiger partial charge is 0.217 e. The minimum atomic E-state index is -1.12. The Labute approximate surface area is 158 Å². The zero-order chi connectivity index (χ0) is 19.2. The van der Waals surface area contributed by atoms with Crippen LogP contribution in [0.15, 0.2) is 12.1 Å². The minimum absolute atomic E-state index is 0.151. The Bertz CT molecular complexity index is 801. The van der Waals surface area contributed by atoms with Crippen molar-refractivity contribution >= 4 is 0 Å². The minimum Gasteiger partial charge on any atom is -0.504 e. The summed E-state index contributed by atoms with van der Waals surface area (Å²) in [6, 6.07) is 3.76. The zero-order valence-corrected chi connectivity index (χ0v) is 16.2. The van der Waals surface area contributed by atoms with Crippen LogP contribution in [0.1, 0.15) is 36.5 Å². The first-order valence-corrected chi connectivity index (χ1v) is 9.48. The molecule has 2 aliphatic carbocycles. The zero-order valence-electron chi connectivity index (χ0n) is 16.2. The first-order chi connectivity index (χ1) is 12.9. The average molecular weight is 377 g/mol. The van der Waals surface area contributed by atoms with E-state index in [1.165, 1.54) is 0 Å². The highest BCUT2D eigenvalue weighted by Gasteiger charge is 2.82. The van der Waals surface area contributed by atoms with Crippen LogP contribution in [0.3, 0.4) is 0 Å². The normalized spacial score (nSPS) is 44.9. The summed E-state index contributed by atoms with van der Waals surface area (Å²) < 4.78 is 23.8. The van der Waals surface area contributed by atoms with E-state index >= 15 is 0 Å². The van der Waals surface area contributed by atoms with Crippen molar-refractivity contribution in [2.75, 3.05) is 34.9 Å². The molecule has 0 aromatic heterocycles. The standard InChI is InChI=1S/C20H27NO6/c1-21-8-7-18-9-12(22)17(25-3)20(26-4)19(18,21)10-14(27-20)11-5-6-13(24-2)16(23)15(11)18/h5-6,12,14,17,22-23H,7-10H2,1-4H3/t12-,14-,17-,18-,19-,20-/m0/s1. The fourth-order valence-corrected chi connectivity index (χ4v) is 6.90. The van der Waals surface area contributed by atoms with Gasteiger partial charge in [0.25, 0.3) is 0 Å². The van der Waals surface area contributed by atoms with Crippen molar-refractivity contribution in [3.63, 3.8) is 0 Å². The SMILES string of the molecule is COc1ccc2c(c1O)[C@@]13CCN(C)[C@@]14C[C@@H]2O[C@@]4(OC)[C@@H](OC)[C@@H](O)C3. The number of nitrogens with zero attached hydrogens (tertiary/aromatic N) is 1. The number of aliphatic hydroxyl groups is 1. The summed E-state index contributed by atoms with van der Waals surface area (Å²) in [5.41, 5.74) is 0.764. The van der Waals surface area contributed by atoms with Gasteiger partial charge < -0.3 is 29.2 Å². The number of hydrogen-bond donors (Lipinski definition) is 2. The third kappa shape index (κ3) is 1.64. The van der Waals surface area contributed by atoms with Gasteiger partial charge in [-0.05, 0) is 38.1 Å². The second kappa shape index (κ2) is 5.36. The molecule has 7 heteroatoms. The van der Waals surface area contributed by atoms with E-state index in [1.54, 1.807) is 27.4 Å². The molecule has 6 atom stereocenters. The molecule has 27 heavy (non-hydrogen) atoms. The number of phenolic OH excluding ortho intramolecular Hbond substituents is 1. The summed E-state index contributed by atoms with van der Waals surface area (Å²) in [5.74, 6) is -0.521. The van der Waals surface area contributed by atoms with Crippen LogP contribution in [0.2, 0.25) is 0 Å². The lowest BCUT2D eigenvalue weighted by Crippen LogP contribution is -2.77. The Balaban J connectivity index is 1.87. The van der Waals surface area contributed by atoms with Gasteiger partial charge in [0.1, 0.15) is 6.10 Å². The van der Waals surface area contributed by atoms with Gasteiger partial charge in [0.05, 0.1) is 24.9 Å². The van der Waals surface area contributed by atoms with Crippen molar-refractivity contribution in [1.82, 2.24) is 4.90 Å². The third-order valence-electron chi connectivity index (χ3n) is 7.75. The Hall–Kier alpha value is -1.38. The first kappa shape index (κ1) is 17.7. The van der Waals surface area contributed by atoms with Crippen molar-refractivity contribution in [1.29, 1.82) is 0 Å². The van der Waals surface area contributed by atoms with Crippen molar-refractivity contribution in [2.45, 2.75) is 54.3 Å². The van der Waals surface area contributed by atoms with E-state index in [0.29, 0.717) is 12.2 Å². The summed E-state index contributed by atoms with van der Waals surface area (Å²) in [4.78, 5) is 2.29. The molecule has 5 rings (SSSR count). The molecule has 1 aromatic rings. The van der Waals surface area contributed by atoms with E-state index in [4.69, 9.17) is 18.9 Å². The van der Waals surface area contributed by atoms with Gasteiger partial charge in [-0.3, -0.25) is 4.90 Å². The van der Waals surface area contributed by atoms with Gasteiger partial charge in [-0.25, -0.2) is 0 Å². The maximum atomic E-state index is 11.1. The van der Waals surface area contributed by atoms with Gasteiger partial charge in [0.2, 0.25) is 5.79 Å². The Morgan fingerprint density at radius 1 is 1.22 bits per heavy atom. The fourth-order valence-electron chi connectivity index (χ4n) is 6.90. The highest BCUT2D eigenvalue weighted by atomic mass is 16.7. The van der Waals surface area contributed by atoms with Crippen molar-refractivity contribution in [3.05, 3.63) is 23.3 Å². The van der Waals surface area contributed by atoms with E-state index < -0.39 is 28.9 Å². The van der Waals surface area contributed by atoms with Crippen LogP contribution < -0.4 is 4.74 Å². The largest absolute Gasteiger partial charge is 0.504 e. The summed E-state index contributed by atoms with van der Waals surface area (Å²) in [7, 11) is 6.85. The summed E-state index contributed by atoms with van der Waals surface area (Å²) in [6.45, 7) is 0.820. The van der Waals surface area contributed by atoms with E-state index in [0.717, 1.165) is 30.5 Å². The Morgan fingerprint density at radius 3 is 2.67 bits per heavy atom. The molecule has 4 aliphatic rings. The van der Waals surface area contributed by atoms with Gasteiger partial charge in [-0.1, -0.05) is 6.07 Å². The quantitative estimate of drug-likeness (QED) is 0.822. The monoisotopic (exact) mass is 377 g/mol. The number of methoxy groups -OCH3 is 3. The van der Waals surface area contributed by atoms with Crippen molar-refractivity contribution < 1.29 is 29.2 Å². The van der Waals surface area contributed by atoms with E-state index in [1.807, 2.05) is 6.07 Å². The number of benzene rings is 1. The third-order valence-corrected chi connectivity index (χ3v) is 7.75. The number of phenols is 1. The van der Waals surface area contributed by atoms with Crippen LogP contribution in [0.5, 0.6) is 11.5 Å². The molecular weight excluding hydrogens is 350 g/mol. The Morgan fingerprint density at radius 2 is 2.00 bits per heavy atom. The van der Waals surface area contributed by atoms with Crippen LogP contribution in [-0.2, 0) is 19.6 Å². The summed E-state index contributed by atoms with van der Waals surface area (Å²) >= 11 is 0. The molecule has 148 valence electrons. The van der Waals surface area contributed by atoms with Gasteiger partial charge in [-0.2, -0.15) is 0 Å². The van der Waals surface area contributed by atoms with Crippen LogP contribution >= 0.6 is 0 Å². The summed E-state index contributed by atoms with van der Waals surface area (Å²) in [6.07, 6.45) is 0.386. The molecule has 2 saturated heterocycles. The molecule has 1 aromatic carbocycles. The first-order valence-electron chi connectivity index (χ1n) is 9.48. The molecule has 0 amide bonds. The lowest BCUT2D eigenvalue weighted by molar-refractivity contribution is -0.339. The molecular formula is C20H27NO6. The van der Waals surface area contributed by atoms with Crippen LogP contribution in [0.4, 0.5) is 0 Å². The molecule has 0 radical (unpaired) electrons. The van der Waals surface area contributed by atoms with Crippen molar-refractivity contribution in [3.8, 4) is 11.5 Å². The number of aliphatic hydroxyl groups excluding tert-OH is 1. The Kier molecular flexibility index (Phi) is 3.51. The van der Waals surface area contributed by atoms with Gasteiger partial charge >= 0.3 is 0 Å². The molecule has 2 heterocycles. The highest BCUT2D eigenvalue weighted by molar-refractivity contribution is 5.61. The van der Waals surface area contributed by atoms with Gasteiger partial charge in [0.15, 0.2) is 11.5 Å². The lowest BCUT2D eigenvalue weighted by Gasteiger charge is -2.61. The highest BCUT2D eigenvalue weighted by Crippen LogP contribution is 2.73. The summed E-state index contributed by atoms with van der Waals surface area (Å²) in [5, 5.41) is 22.2.